The van der Waals surface area contributed by atoms with Crippen molar-refractivity contribution in [2.75, 3.05) is 18.0 Å². The minimum atomic E-state index is -0.218. The van der Waals surface area contributed by atoms with Gasteiger partial charge >= 0.3 is 0 Å². The average Bonchev–Trinajstić information content (AvgIpc) is 3.27. The van der Waals surface area contributed by atoms with Crippen LogP contribution in [0.25, 0.3) is 22.2 Å². The number of piperidine rings is 1. The molecule has 1 aliphatic rings. The van der Waals surface area contributed by atoms with Gasteiger partial charge < -0.3 is 15.2 Å². The minimum Gasteiger partial charge on any atom is -0.371 e. The molecule has 0 saturated carbocycles. The molecule has 166 valence electrons. The molecule has 0 aliphatic carbocycles. The molecule has 1 saturated heterocycles. The maximum atomic E-state index is 13.5. The topological polar surface area (TPSA) is 81.4 Å². The van der Waals surface area contributed by atoms with Gasteiger partial charge in [-0.05, 0) is 72.5 Å². The third kappa shape index (κ3) is 4.85. The third-order valence-electron chi connectivity index (χ3n) is 6.27. The fourth-order valence-corrected chi connectivity index (χ4v) is 4.52. The van der Waals surface area contributed by atoms with Crippen molar-refractivity contribution in [2.24, 2.45) is 5.11 Å². The Morgan fingerprint density at radius 1 is 1.03 bits per heavy atom. The molecule has 0 amide bonds. The maximum absolute atomic E-state index is 13.5. The van der Waals surface area contributed by atoms with Crippen molar-refractivity contribution in [2.45, 2.75) is 25.4 Å². The average molecular weight is 442 g/mol. The monoisotopic (exact) mass is 441 g/mol. The van der Waals surface area contributed by atoms with E-state index in [1.807, 2.05) is 24.3 Å². The molecule has 1 fully saturated rings. The van der Waals surface area contributed by atoms with Crippen molar-refractivity contribution in [1.29, 1.82) is 5.53 Å². The van der Waals surface area contributed by atoms with Gasteiger partial charge in [0.1, 0.15) is 11.3 Å². The first-order chi connectivity index (χ1) is 16.2. The summed E-state index contributed by atoms with van der Waals surface area (Å²) < 4.78 is 13.5. The van der Waals surface area contributed by atoms with E-state index in [1.165, 1.54) is 11.8 Å². The first-order valence-electron chi connectivity index (χ1n) is 11.2. The van der Waals surface area contributed by atoms with Gasteiger partial charge in [-0.25, -0.2) is 4.39 Å². The molecule has 3 aromatic carbocycles. The van der Waals surface area contributed by atoms with Gasteiger partial charge in [0, 0.05) is 48.0 Å². The number of hydrogen-bond donors (Lipinski definition) is 3. The summed E-state index contributed by atoms with van der Waals surface area (Å²) in [5, 5.41) is 8.33. The summed E-state index contributed by atoms with van der Waals surface area (Å²) in [5.41, 5.74) is 13.0. The number of aromatic nitrogens is 1. The molecule has 33 heavy (non-hydrogen) atoms. The molecule has 0 spiro atoms. The van der Waals surface area contributed by atoms with Gasteiger partial charge in [-0.15, -0.1) is 0 Å². The highest BCUT2D eigenvalue weighted by molar-refractivity contribution is 5.86. The SMILES string of the molecule is N=[N+]=Nc1cccc(CNC2CCN(c3cccc(-c4cc5cc(F)ccc5[nH]4)c3)CC2)c1. The molecule has 1 aliphatic heterocycles. The lowest BCUT2D eigenvalue weighted by molar-refractivity contribution is 0.414. The Bertz CT molecular complexity index is 1320. The smallest absolute Gasteiger partial charge is 0.220 e. The molecular weight excluding hydrogens is 415 g/mol. The predicted octanol–water partition coefficient (Wildman–Crippen LogP) is 5.91. The van der Waals surface area contributed by atoms with Crippen molar-refractivity contribution in [3.8, 4) is 11.3 Å². The number of anilines is 1. The molecule has 0 radical (unpaired) electrons. The van der Waals surface area contributed by atoms with E-state index in [0.717, 1.165) is 60.2 Å². The van der Waals surface area contributed by atoms with Crippen molar-refractivity contribution >= 4 is 22.3 Å². The van der Waals surface area contributed by atoms with E-state index in [4.69, 9.17) is 5.53 Å². The number of fused-ring (bicyclic) bond motifs is 1. The number of H-pyrrole nitrogens is 1. The van der Waals surface area contributed by atoms with Crippen LogP contribution in [0.4, 0.5) is 15.8 Å². The molecule has 1 aromatic heterocycles. The Labute approximate surface area is 191 Å². The first-order valence-corrected chi connectivity index (χ1v) is 11.2. The summed E-state index contributed by atoms with van der Waals surface area (Å²) in [6.45, 7) is 2.76. The molecule has 2 heterocycles. The minimum absolute atomic E-state index is 0.218. The standard InChI is InChI=1S/C26H26FN6/c27-21-7-8-25-20(14-21)16-26(30-25)19-4-2-6-24(15-19)33-11-9-22(10-12-33)29-17-18-3-1-5-23(13-18)31-32-28/h1-8,13-16,22,28-30H,9-12,17H2/q+1. The van der Waals surface area contributed by atoms with Crippen LogP contribution >= 0.6 is 0 Å². The van der Waals surface area contributed by atoms with Crippen molar-refractivity contribution in [1.82, 2.24) is 15.2 Å². The second kappa shape index (κ2) is 9.36. The van der Waals surface area contributed by atoms with Gasteiger partial charge in [0.05, 0.1) is 0 Å². The normalized spacial score (nSPS) is 14.4. The zero-order valence-electron chi connectivity index (χ0n) is 18.3. The molecule has 3 N–H and O–H groups in total. The van der Waals surface area contributed by atoms with E-state index >= 15 is 0 Å². The fraction of sp³-hybridized carbons (Fsp3) is 0.231. The summed E-state index contributed by atoms with van der Waals surface area (Å²) in [7, 11) is 0. The van der Waals surface area contributed by atoms with E-state index in [2.05, 4.69) is 55.6 Å². The quantitative estimate of drug-likeness (QED) is 0.257. The van der Waals surface area contributed by atoms with Crippen molar-refractivity contribution in [3.63, 3.8) is 0 Å². The van der Waals surface area contributed by atoms with Crippen molar-refractivity contribution in [3.05, 3.63) is 84.2 Å². The Morgan fingerprint density at radius 3 is 2.73 bits per heavy atom. The summed E-state index contributed by atoms with van der Waals surface area (Å²) in [6.07, 6.45) is 2.14. The van der Waals surface area contributed by atoms with E-state index in [1.54, 1.807) is 12.1 Å². The van der Waals surface area contributed by atoms with E-state index in [-0.39, 0.29) is 5.82 Å². The lowest BCUT2D eigenvalue weighted by atomic mass is 10.0. The summed E-state index contributed by atoms with van der Waals surface area (Å²) in [6, 6.07) is 23.7. The van der Waals surface area contributed by atoms with Crippen LogP contribution in [-0.4, -0.2) is 24.1 Å². The van der Waals surface area contributed by atoms with Gasteiger partial charge in [0.25, 0.3) is 0 Å². The number of rotatable bonds is 6. The zero-order chi connectivity index (χ0) is 22.6. The highest BCUT2D eigenvalue weighted by Gasteiger charge is 2.19. The molecule has 0 unspecified atom stereocenters. The molecular formula is C26H26FN6+. The molecule has 0 atom stereocenters. The summed E-state index contributed by atoms with van der Waals surface area (Å²) in [4.78, 5) is 8.94. The summed E-state index contributed by atoms with van der Waals surface area (Å²) >= 11 is 0. The Kier molecular flexibility index (Phi) is 5.98. The molecule has 0 bridgehead atoms. The summed E-state index contributed by atoms with van der Waals surface area (Å²) in [5.74, 6) is -0.218. The number of halogens is 1. The maximum Gasteiger partial charge on any atom is 0.220 e. The number of aromatic amines is 1. The van der Waals surface area contributed by atoms with Crippen LogP contribution in [0.5, 0.6) is 0 Å². The van der Waals surface area contributed by atoms with Crippen molar-refractivity contribution < 1.29 is 4.39 Å². The number of benzene rings is 3. The Morgan fingerprint density at radius 2 is 1.88 bits per heavy atom. The lowest BCUT2D eigenvalue weighted by Crippen LogP contribution is -2.42. The van der Waals surface area contributed by atoms with Gasteiger partial charge in [-0.2, -0.15) is 0 Å². The van der Waals surface area contributed by atoms with Crippen LogP contribution in [-0.2, 0) is 6.54 Å². The van der Waals surface area contributed by atoms with Crippen LogP contribution in [0.2, 0.25) is 0 Å². The molecule has 4 aromatic rings. The fourth-order valence-electron chi connectivity index (χ4n) is 4.52. The van der Waals surface area contributed by atoms with Gasteiger partial charge in [-0.3, -0.25) is 0 Å². The molecule has 6 nitrogen and oxygen atoms in total. The van der Waals surface area contributed by atoms with Gasteiger partial charge in [0.2, 0.25) is 4.91 Å². The molecule has 7 heteroatoms. The third-order valence-corrected chi connectivity index (χ3v) is 6.27. The van der Waals surface area contributed by atoms with Crippen LogP contribution in [0.1, 0.15) is 18.4 Å². The second-order valence-electron chi connectivity index (χ2n) is 8.48. The van der Waals surface area contributed by atoms with Gasteiger partial charge in [-0.1, -0.05) is 24.3 Å². The largest absolute Gasteiger partial charge is 0.371 e. The lowest BCUT2D eigenvalue weighted by Gasteiger charge is -2.34. The van der Waals surface area contributed by atoms with Gasteiger partial charge in [0.15, 0.2) is 10.8 Å². The van der Waals surface area contributed by atoms with Crippen LogP contribution in [0, 0.1) is 11.3 Å². The number of nitrogens with one attached hydrogen (secondary N) is 3. The van der Waals surface area contributed by atoms with E-state index < -0.39 is 0 Å². The molecule has 5 rings (SSSR count). The number of nitrogens with zero attached hydrogens (tertiary/aromatic N) is 3. The zero-order valence-corrected chi connectivity index (χ0v) is 18.3. The second-order valence-corrected chi connectivity index (χ2v) is 8.48. The number of hydrogen-bond acceptors (Lipinski definition) is 4. The van der Waals surface area contributed by atoms with E-state index in [9.17, 15) is 4.39 Å². The highest BCUT2D eigenvalue weighted by Crippen LogP contribution is 2.29. The van der Waals surface area contributed by atoms with E-state index in [0.29, 0.717) is 11.7 Å². The predicted molar refractivity (Wildman–Crippen MR) is 129 cm³/mol. The first kappa shape index (κ1) is 21.1. The Hall–Kier alpha value is -3.80. The van der Waals surface area contributed by atoms with Crippen LogP contribution in [0.15, 0.2) is 77.9 Å². The van der Waals surface area contributed by atoms with Crippen LogP contribution in [0.3, 0.4) is 0 Å². The van der Waals surface area contributed by atoms with Crippen LogP contribution < -0.4 is 15.1 Å². The highest BCUT2D eigenvalue weighted by atomic mass is 19.1. The Balaban J connectivity index is 1.21.